The van der Waals surface area contributed by atoms with Crippen LogP contribution in [0.15, 0.2) is 34.8 Å². The normalized spacial score (nSPS) is 28.3. The molecule has 25 heavy (non-hydrogen) atoms. The molecule has 4 fully saturated rings. The topological polar surface area (TPSA) is 43.2 Å². The van der Waals surface area contributed by atoms with Gasteiger partial charge in [-0.15, -0.1) is 0 Å². The SMILES string of the molecule is C1=C2CCC(C1)C2.O=C1C=C(N2CC2)C(=O)C(N2CC2)=C1N1CC1.[Ni]. The molecule has 0 aromatic carbocycles. The fraction of sp³-hybridized carbons (Fsp3) is 0.579. The predicted molar refractivity (Wildman–Crippen MR) is 89.9 cm³/mol. The van der Waals surface area contributed by atoms with Crippen molar-refractivity contribution in [1.29, 1.82) is 0 Å². The van der Waals surface area contributed by atoms with Gasteiger partial charge in [0.2, 0.25) is 11.6 Å². The molecule has 0 spiro atoms. The maximum atomic E-state index is 12.4. The molecule has 136 valence electrons. The Labute approximate surface area is 158 Å². The van der Waals surface area contributed by atoms with Gasteiger partial charge in [0.1, 0.15) is 11.4 Å². The fourth-order valence-corrected chi connectivity index (χ4v) is 3.96. The minimum absolute atomic E-state index is 0. The van der Waals surface area contributed by atoms with Crippen LogP contribution in [0.2, 0.25) is 0 Å². The second kappa shape index (κ2) is 6.31. The molecule has 1 saturated carbocycles. The van der Waals surface area contributed by atoms with Crippen molar-refractivity contribution < 1.29 is 26.1 Å². The molecule has 3 heterocycles. The molecule has 3 aliphatic carbocycles. The van der Waals surface area contributed by atoms with Crippen molar-refractivity contribution in [2.75, 3.05) is 39.3 Å². The fourth-order valence-electron chi connectivity index (χ4n) is 3.96. The molecule has 3 saturated heterocycles. The van der Waals surface area contributed by atoms with Gasteiger partial charge >= 0.3 is 0 Å². The summed E-state index contributed by atoms with van der Waals surface area (Å²) in [6.07, 6.45) is 9.70. The van der Waals surface area contributed by atoms with Gasteiger partial charge in [-0.1, -0.05) is 11.6 Å². The van der Waals surface area contributed by atoms with Crippen LogP contribution in [0.25, 0.3) is 0 Å². The van der Waals surface area contributed by atoms with E-state index in [0.29, 0.717) is 17.1 Å². The summed E-state index contributed by atoms with van der Waals surface area (Å²) >= 11 is 0. The van der Waals surface area contributed by atoms with E-state index in [1.54, 1.807) is 5.57 Å². The summed E-state index contributed by atoms with van der Waals surface area (Å²) < 4.78 is 0. The van der Waals surface area contributed by atoms with Crippen LogP contribution in [0, 0.1) is 5.92 Å². The molecule has 0 aromatic rings. The number of carbonyl (C=O) groups excluding carboxylic acids is 2. The third-order valence-corrected chi connectivity index (χ3v) is 5.65. The first-order chi connectivity index (χ1) is 11.7. The number of allylic oxidation sites excluding steroid dienone is 3. The van der Waals surface area contributed by atoms with Crippen molar-refractivity contribution in [3.05, 3.63) is 34.8 Å². The van der Waals surface area contributed by atoms with Gasteiger partial charge in [-0.25, -0.2) is 0 Å². The molecule has 0 radical (unpaired) electrons. The molecule has 0 aromatic heterocycles. The number of carbonyl (C=O) groups is 2. The first kappa shape index (κ1) is 16.9. The Morgan fingerprint density at radius 3 is 1.92 bits per heavy atom. The maximum Gasteiger partial charge on any atom is 0.227 e. The van der Waals surface area contributed by atoms with Gasteiger partial charge in [-0.05, 0) is 31.6 Å². The van der Waals surface area contributed by atoms with Crippen LogP contribution in [-0.4, -0.2) is 65.5 Å². The Balaban J connectivity index is 0.000000165. The Kier molecular flexibility index (Phi) is 4.27. The number of hydrogen-bond donors (Lipinski definition) is 0. The quantitative estimate of drug-likeness (QED) is 0.318. The Bertz CT molecular complexity index is 712. The van der Waals surface area contributed by atoms with Crippen molar-refractivity contribution in [1.82, 2.24) is 14.7 Å². The van der Waals surface area contributed by atoms with Crippen LogP contribution in [-0.2, 0) is 26.1 Å². The van der Waals surface area contributed by atoms with E-state index in [1.807, 2.05) is 14.7 Å². The number of hydrogen-bond acceptors (Lipinski definition) is 5. The molecule has 6 aliphatic rings. The number of rotatable bonds is 3. The molecule has 2 bridgehead atoms. The molecular formula is C19H23N3NiO2. The van der Waals surface area contributed by atoms with E-state index in [-0.39, 0.29) is 28.1 Å². The summed E-state index contributed by atoms with van der Waals surface area (Å²) in [5.74, 6) is 1.13. The predicted octanol–water partition coefficient (Wildman–Crippen LogP) is 1.29. The molecule has 6 heteroatoms. The van der Waals surface area contributed by atoms with Crippen molar-refractivity contribution in [3.63, 3.8) is 0 Å². The van der Waals surface area contributed by atoms with Crippen molar-refractivity contribution >= 4 is 11.6 Å². The molecule has 1 unspecified atom stereocenters. The zero-order chi connectivity index (χ0) is 16.3. The average Bonchev–Trinajstić information content (AvgIpc) is 3.46. The molecule has 3 aliphatic heterocycles. The minimum Gasteiger partial charge on any atom is -0.365 e. The van der Waals surface area contributed by atoms with Crippen LogP contribution < -0.4 is 0 Å². The van der Waals surface area contributed by atoms with Crippen LogP contribution in [0.5, 0.6) is 0 Å². The van der Waals surface area contributed by atoms with Crippen LogP contribution in [0.3, 0.4) is 0 Å². The second-order valence-electron chi connectivity index (χ2n) is 7.59. The molecule has 0 amide bonds. The molecule has 1 atom stereocenters. The number of nitrogens with zero attached hydrogens (tertiary/aromatic N) is 3. The van der Waals surface area contributed by atoms with Gasteiger partial charge in [0.25, 0.3) is 0 Å². The van der Waals surface area contributed by atoms with Gasteiger partial charge in [-0.3, -0.25) is 9.59 Å². The smallest absolute Gasteiger partial charge is 0.227 e. The number of fused-ring (bicyclic) bond motifs is 2. The third kappa shape index (κ3) is 3.29. The molecule has 6 rings (SSSR count). The Morgan fingerprint density at radius 1 is 0.880 bits per heavy atom. The second-order valence-corrected chi connectivity index (χ2v) is 7.59. The van der Waals surface area contributed by atoms with Gasteiger partial charge in [0.05, 0.1) is 5.70 Å². The van der Waals surface area contributed by atoms with Gasteiger partial charge in [0.15, 0.2) is 0 Å². The first-order valence-corrected chi connectivity index (χ1v) is 9.18. The molecule has 0 N–H and O–H groups in total. The van der Waals surface area contributed by atoms with Gasteiger partial charge < -0.3 is 14.7 Å². The van der Waals surface area contributed by atoms with E-state index in [0.717, 1.165) is 45.2 Å². The van der Waals surface area contributed by atoms with Gasteiger partial charge in [-0.2, -0.15) is 0 Å². The Hall–Kier alpha value is -1.55. The van der Waals surface area contributed by atoms with E-state index >= 15 is 0 Å². The monoisotopic (exact) mass is 383 g/mol. The van der Waals surface area contributed by atoms with Crippen LogP contribution in [0.1, 0.15) is 25.7 Å². The van der Waals surface area contributed by atoms with E-state index in [1.165, 1.54) is 31.8 Å². The van der Waals surface area contributed by atoms with E-state index < -0.39 is 0 Å². The maximum absolute atomic E-state index is 12.4. The summed E-state index contributed by atoms with van der Waals surface area (Å²) in [6, 6.07) is 0. The van der Waals surface area contributed by atoms with Gasteiger partial charge in [0, 0.05) is 61.8 Å². The Morgan fingerprint density at radius 2 is 1.52 bits per heavy atom. The summed E-state index contributed by atoms with van der Waals surface area (Å²) in [6.45, 7) is 5.41. The van der Waals surface area contributed by atoms with E-state index in [2.05, 4.69) is 6.08 Å². The average molecular weight is 384 g/mol. The molecule has 5 nitrogen and oxygen atoms in total. The summed E-state index contributed by atoms with van der Waals surface area (Å²) in [5.41, 5.74) is 3.63. The standard InChI is InChI=1S/C12H13N3O2.C7H10.Ni/c16-9-7-8(13-1-2-13)12(17)11(15-5-6-15)10(9)14-3-4-14;1-2-7-4-3-6(1)5-7;/h7H,1-6H2;1,7H,2-5H2;. The number of ketones is 2. The first-order valence-electron chi connectivity index (χ1n) is 9.18. The minimum atomic E-state index is 0. The van der Waals surface area contributed by atoms with E-state index in [4.69, 9.17) is 0 Å². The summed E-state index contributed by atoms with van der Waals surface area (Å²) in [7, 11) is 0. The third-order valence-electron chi connectivity index (χ3n) is 5.65. The zero-order valence-electron chi connectivity index (χ0n) is 14.3. The van der Waals surface area contributed by atoms with Crippen molar-refractivity contribution in [2.45, 2.75) is 25.7 Å². The van der Waals surface area contributed by atoms with Crippen molar-refractivity contribution in [2.24, 2.45) is 5.92 Å². The van der Waals surface area contributed by atoms with E-state index in [9.17, 15) is 9.59 Å². The van der Waals surface area contributed by atoms with Crippen LogP contribution in [0.4, 0.5) is 0 Å². The van der Waals surface area contributed by atoms with Crippen LogP contribution >= 0.6 is 0 Å². The number of Topliss-reactive ketones (excluding diaryl/α,β-unsaturated/α-hetero) is 1. The molecular weight excluding hydrogens is 361 g/mol. The zero-order valence-corrected chi connectivity index (χ0v) is 15.3. The largest absolute Gasteiger partial charge is 0.365 e. The summed E-state index contributed by atoms with van der Waals surface area (Å²) in [5, 5.41) is 0. The summed E-state index contributed by atoms with van der Waals surface area (Å²) in [4.78, 5) is 30.5. The van der Waals surface area contributed by atoms with Crippen molar-refractivity contribution in [3.8, 4) is 0 Å².